The molecule has 1 heterocycles. The highest BCUT2D eigenvalue weighted by molar-refractivity contribution is 6.03. The number of amides is 1. The summed E-state index contributed by atoms with van der Waals surface area (Å²) in [5.74, 6) is -0.503. The lowest BCUT2D eigenvalue weighted by atomic mass is 10.1. The zero-order chi connectivity index (χ0) is 18.7. The lowest BCUT2D eigenvalue weighted by Gasteiger charge is -2.12. The van der Waals surface area contributed by atoms with Gasteiger partial charge in [0.15, 0.2) is 0 Å². The van der Waals surface area contributed by atoms with Gasteiger partial charge in [-0.15, -0.1) is 0 Å². The summed E-state index contributed by atoms with van der Waals surface area (Å²) in [4.78, 5) is 21.1. The second-order valence-corrected chi connectivity index (χ2v) is 6.07. The number of aryl methyl sites for hydroxylation is 3. The molecule has 0 atom stereocenters. The van der Waals surface area contributed by atoms with Crippen LogP contribution in [0.15, 0.2) is 48.5 Å². The molecule has 0 bridgehead atoms. The molecule has 26 heavy (non-hydrogen) atoms. The monoisotopic (exact) mass is 350 g/mol. The summed E-state index contributed by atoms with van der Waals surface area (Å²) < 4.78 is 13.3. The Hall–Kier alpha value is -3.28. The molecule has 0 aliphatic carbocycles. The number of benzene rings is 2. The van der Waals surface area contributed by atoms with Crippen molar-refractivity contribution in [3.63, 3.8) is 0 Å². The normalized spacial score (nSPS) is 10.5. The molecule has 1 amide bonds. The number of rotatable bonds is 4. The fourth-order valence-electron chi connectivity index (χ4n) is 2.63. The van der Waals surface area contributed by atoms with Gasteiger partial charge in [0.1, 0.15) is 11.5 Å². The van der Waals surface area contributed by atoms with Gasteiger partial charge in [0.05, 0.1) is 0 Å². The number of aromatic nitrogens is 2. The fraction of sp³-hybridized carbons (Fsp3) is 0.150. The van der Waals surface area contributed by atoms with Gasteiger partial charge in [-0.2, -0.15) is 0 Å². The fourth-order valence-corrected chi connectivity index (χ4v) is 2.63. The SMILES string of the molecule is Cc1cc(C(=O)Nc2cccc(F)c2)nc(Nc2c(C)cccc2C)n1. The van der Waals surface area contributed by atoms with Crippen LogP contribution in [0.1, 0.15) is 27.3 Å². The predicted octanol–water partition coefficient (Wildman–Crippen LogP) is 4.54. The van der Waals surface area contributed by atoms with Gasteiger partial charge in [-0.1, -0.05) is 24.3 Å². The molecule has 3 rings (SSSR count). The van der Waals surface area contributed by atoms with Gasteiger partial charge in [0.2, 0.25) is 5.95 Å². The molecular formula is C20H19FN4O. The highest BCUT2D eigenvalue weighted by Crippen LogP contribution is 2.23. The van der Waals surface area contributed by atoms with Crippen molar-refractivity contribution < 1.29 is 9.18 Å². The number of nitrogens with one attached hydrogen (secondary N) is 2. The molecule has 2 aromatic carbocycles. The van der Waals surface area contributed by atoms with Crippen molar-refractivity contribution >= 4 is 23.2 Å². The summed E-state index contributed by atoms with van der Waals surface area (Å²) in [7, 11) is 0. The molecule has 2 N–H and O–H groups in total. The lowest BCUT2D eigenvalue weighted by Crippen LogP contribution is -2.15. The molecule has 0 radical (unpaired) electrons. The minimum atomic E-state index is -0.425. The summed E-state index contributed by atoms with van der Waals surface area (Å²) in [6.07, 6.45) is 0. The quantitative estimate of drug-likeness (QED) is 0.725. The standard InChI is InChI=1S/C20H19FN4O/c1-12-6-4-7-13(2)18(12)25-20-22-14(3)10-17(24-20)19(26)23-16-9-5-8-15(21)11-16/h4-11H,1-3H3,(H,23,26)(H,22,24,25). The van der Waals surface area contributed by atoms with Gasteiger partial charge in [0.25, 0.3) is 5.91 Å². The number of hydrogen-bond donors (Lipinski definition) is 2. The Morgan fingerprint density at radius 1 is 0.962 bits per heavy atom. The van der Waals surface area contributed by atoms with Gasteiger partial charge < -0.3 is 10.6 Å². The Kier molecular flexibility index (Phi) is 4.93. The first-order valence-electron chi connectivity index (χ1n) is 8.18. The molecular weight excluding hydrogens is 331 g/mol. The van der Waals surface area contributed by atoms with Crippen molar-refractivity contribution in [1.29, 1.82) is 0 Å². The highest BCUT2D eigenvalue weighted by Gasteiger charge is 2.12. The summed E-state index contributed by atoms with van der Waals surface area (Å²) in [5.41, 5.74) is 4.25. The molecule has 1 aromatic heterocycles. The van der Waals surface area contributed by atoms with Crippen LogP contribution in [-0.4, -0.2) is 15.9 Å². The van der Waals surface area contributed by atoms with Crippen LogP contribution >= 0.6 is 0 Å². The molecule has 0 saturated carbocycles. The minimum Gasteiger partial charge on any atom is -0.324 e. The lowest BCUT2D eigenvalue weighted by molar-refractivity contribution is 0.102. The number of carbonyl (C=O) groups excluding carboxylic acids is 1. The average Bonchev–Trinajstić information content (AvgIpc) is 2.58. The second-order valence-electron chi connectivity index (χ2n) is 6.07. The number of halogens is 1. The molecule has 0 aliphatic rings. The Morgan fingerprint density at radius 2 is 1.65 bits per heavy atom. The maximum absolute atomic E-state index is 13.3. The van der Waals surface area contributed by atoms with E-state index in [2.05, 4.69) is 20.6 Å². The average molecular weight is 350 g/mol. The maximum Gasteiger partial charge on any atom is 0.274 e. The number of anilines is 3. The van der Waals surface area contributed by atoms with Crippen molar-refractivity contribution in [2.24, 2.45) is 0 Å². The number of carbonyl (C=O) groups is 1. The van der Waals surface area contributed by atoms with E-state index in [0.717, 1.165) is 16.8 Å². The van der Waals surface area contributed by atoms with Crippen LogP contribution in [0.25, 0.3) is 0 Å². The van der Waals surface area contributed by atoms with Crippen LogP contribution in [-0.2, 0) is 0 Å². The molecule has 0 fully saturated rings. The highest BCUT2D eigenvalue weighted by atomic mass is 19.1. The molecule has 5 nitrogen and oxygen atoms in total. The van der Waals surface area contributed by atoms with Crippen LogP contribution < -0.4 is 10.6 Å². The first kappa shape index (κ1) is 17.5. The third kappa shape index (κ3) is 4.03. The van der Waals surface area contributed by atoms with E-state index in [1.165, 1.54) is 18.2 Å². The van der Waals surface area contributed by atoms with E-state index >= 15 is 0 Å². The molecule has 0 aliphatic heterocycles. The third-order valence-electron chi connectivity index (χ3n) is 3.89. The number of para-hydroxylation sites is 1. The summed E-state index contributed by atoms with van der Waals surface area (Å²) in [5, 5.41) is 5.83. The van der Waals surface area contributed by atoms with Crippen molar-refractivity contribution in [2.45, 2.75) is 20.8 Å². The zero-order valence-corrected chi connectivity index (χ0v) is 14.8. The Balaban J connectivity index is 1.86. The molecule has 3 aromatic rings. The van der Waals surface area contributed by atoms with E-state index in [9.17, 15) is 9.18 Å². The van der Waals surface area contributed by atoms with E-state index in [1.54, 1.807) is 19.1 Å². The number of hydrogen-bond acceptors (Lipinski definition) is 4. The van der Waals surface area contributed by atoms with Crippen LogP contribution in [0, 0.1) is 26.6 Å². The Morgan fingerprint density at radius 3 is 2.35 bits per heavy atom. The minimum absolute atomic E-state index is 0.204. The van der Waals surface area contributed by atoms with Gasteiger partial charge in [-0.05, 0) is 56.2 Å². The molecule has 0 spiro atoms. The van der Waals surface area contributed by atoms with E-state index in [4.69, 9.17) is 0 Å². The van der Waals surface area contributed by atoms with Gasteiger partial charge >= 0.3 is 0 Å². The zero-order valence-electron chi connectivity index (χ0n) is 14.8. The van der Waals surface area contributed by atoms with E-state index in [1.807, 2.05) is 32.0 Å². The maximum atomic E-state index is 13.3. The van der Waals surface area contributed by atoms with E-state index in [0.29, 0.717) is 17.3 Å². The van der Waals surface area contributed by atoms with Crippen LogP contribution in [0.2, 0.25) is 0 Å². The van der Waals surface area contributed by atoms with Crippen molar-refractivity contribution in [1.82, 2.24) is 9.97 Å². The summed E-state index contributed by atoms with van der Waals surface area (Å²) in [6, 6.07) is 13.3. The summed E-state index contributed by atoms with van der Waals surface area (Å²) in [6.45, 7) is 5.77. The van der Waals surface area contributed by atoms with Crippen molar-refractivity contribution in [2.75, 3.05) is 10.6 Å². The van der Waals surface area contributed by atoms with Gasteiger partial charge in [0, 0.05) is 17.1 Å². The molecule has 0 saturated heterocycles. The molecule has 6 heteroatoms. The summed E-state index contributed by atoms with van der Waals surface area (Å²) >= 11 is 0. The molecule has 0 unspecified atom stereocenters. The van der Waals surface area contributed by atoms with Crippen molar-refractivity contribution in [3.8, 4) is 0 Å². The second kappa shape index (κ2) is 7.31. The third-order valence-corrected chi connectivity index (χ3v) is 3.89. The van der Waals surface area contributed by atoms with Crippen LogP contribution in [0.3, 0.4) is 0 Å². The molecule has 132 valence electrons. The first-order chi connectivity index (χ1) is 12.4. The largest absolute Gasteiger partial charge is 0.324 e. The van der Waals surface area contributed by atoms with Gasteiger partial charge in [-0.3, -0.25) is 4.79 Å². The van der Waals surface area contributed by atoms with Crippen LogP contribution in [0.4, 0.5) is 21.7 Å². The number of nitrogens with zero attached hydrogens (tertiary/aromatic N) is 2. The van der Waals surface area contributed by atoms with Crippen LogP contribution in [0.5, 0.6) is 0 Å². The first-order valence-corrected chi connectivity index (χ1v) is 8.18. The Bertz CT molecular complexity index is 952. The van der Waals surface area contributed by atoms with E-state index in [-0.39, 0.29) is 5.69 Å². The topological polar surface area (TPSA) is 66.9 Å². The smallest absolute Gasteiger partial charge is 0.274 e. The van der Waals surface area contributed by atoms with E-state index < -0.39 is 11.7 Å². The van der Waals surface area contributed by atoms with Crippen molar-refractivity contribution in [3.05, 3.63) is 76.9 Å². The van der Waals surface area contributed by atoms with Gasteiger partial charge in [-0.25, -0.2) is 14.4 Å². The Labute approximate surface area is 151 Å². The predicted molar refractivity (Wildman–Crippen MR) is 100 cm³/mol.